The zero-order valence-corrected chi connectivity index (χ0v) is 11.4. The molecule has 4 heteroatoms. The van der Waals surface area contributed by atoms with E-state index in [1.807, 2.05) is 60.7 Å². The lowest BCUT2D eigenvalue weighted by molar-refractivity contribution is -0.117. The lowest BCUT2D eigenvalue weighted by atomic mass is 10.1. The van der Waals surface area contributed by atoms with Gasteiger partial charge < -0.3 is 11.1 Å². The van der Waals surface area contributed by atoms with E-state index in [1.165, 1.54) is 0 Å². The third-order valence-electron chi connectivity index (χ3n) is 3.34. The minimum Gasteiger partial charge on any atom is -0.324 e. The SMILES string of the molecule is N[C@@H](C(=O)Nc1cccc2ncccc12)c1ccccc1. The number of rotatable bonds is 3. The van der Waals surface area contributed by atoms with E-state index in [0.717, 1.165) is 22.2 Å². The van der Waals surface area contributed by atoms with Gasteiger partial charge in [-0.1, -0.05) is 36.4 Å². The maximum absolute atomic E-state index is 12.3. The van der Waals surface area contributed by atoms with Gasteiger partial charge in [0.15, 0.2) is 0 Å². The quantitative estimate of drug-likeness (QED) is 0.773. The predicted molar refractivity (Wildman–Crippen MR) is 83.7 cm³/mol. The molecule has 3 N–H and O–H groups in total. The average Bonchev–Trinajstić information content (AvgIpc) is 2.55. The molecule has 0 spiro atoms. The number of nitrogens with two attached hydrogens (primary N) is 1. The van der Waals surface area contributed by atoms with Crippen LogP contribution in [0.4, 0.5) is 5.69 Å². The third-order valence-corrected chi connectivity index (χ3v) is 3.34. The van der Waals surface area contributed by atoms with Crippen molar-refractivity contribution in [1.29, 1.82) is 0 Å². The van der Waals surface area contributed by atoms with E-state index in [2.05, 4.69) is 10.3 Å². The maximum Gasteiger partial charge on any atom is 0.245 e. The molecule has 1 amide bonds. The number of hydrogen-bond donors (Lipinski definition) is 2. The monoisotopic (exact) mass is 277 g/mol. The number of anilines is 1. The standard InChI is InChI=1S/C17H15N3O/c18-16(12-6-2-1-3-7-12)17(21)20-15-10-4-9-14-13(15)8-5-11-19-14/h1-11,16H,18H2,(H,20,21)/t16-/m1/s1. The normalized spacial score (nSPS) is 12.0. The van der Waals surface area contributed by atoms with Crippen LogP contribution in [-0.4, -0.2) is 10.9 Å². The molecule has 0 saturated heterocycles. The Balaban J connectivity index is 1.87. The van der Waals surface area contributed by atoms with Gasteiger partial charge in [-0.05, 0) is 29.8 Å². The summed E-state index contributed by atoms with van der Waals surface area (Å²) in [5, 5.41) is 3.78. The first-order chi connectivity index (χ1) is 10.3. The molecule has 0 aliphatic carbocycles. The number of pyridine rings is 1. The highest BCUT2D eigenvalue weighted by molar-refractivity contribution is 6.03. The van der Waals surface area contributed by atoms with Gasteiger partial charge in [-0.15, -0.1) is 0 Å². The van der Waals surface area contributed by atoms with Crippen molar-refractivity contribution in [3.8, 4) is 0 Å². The third kappa shape index (κ3) is 2.75. The fourth-order valence-corrected chi connectivity index (χ4v) is 2.23. The molecule has 2 aromatic carbocycles. The zero-order valence-electron chi connectivity index (χ0n) is 11.4. The first-order valence-electron chi connectivity index (χ1n) is 6.71. The summed E-state index contributed by atoms with van der Waals surface area (Å²) in [4.78, 5) is 16.6. The summed E-state index contributed by atoms with van der Waals surface area (Å²) >= 11 is 0. The second-order valence-electron chi connectivity index (χ2n) is 4.75. The molecule has 1 atom stereocenters. The van der Waals surface area contributed by atoms with E-state index in [0.29, 0.717) is 0 Å². The van der Waals surface area contributed by atoms with Gasteiger partial charge in [0.1, 0.15) is 6.04 Å². The van der Waals surface area contributed by atoms with Gasteiger partial charge in [0.25, 0.3) is 0 Å². The van der Waals surface area contributed by atoms with Gasteiger partial charge >= 0.3 is 0 Å². The van der Waals surface area contributed by atoms with Crippen LogP contribution >= 0.6 is 0 Å². The fraction of sp³-hybridized carbons (Fsp3) is 0.0588. The van der Waals surface area contributed by atoms with Crippen molar-refractivity contribution in [1.82, 2.24) is 4.98 Å². The molecule has 21 heavy (non-hydrogen) atoms. The number of amides is 1. The van der Waals surface area contributed by atoms with Crippen molar-refractivity contribution < 1.29 is 4.79 Å². The molecule has 104 valence electrons. The molecule has 0 aliphatic rings. The van der Waals surface area contributed by atoms with Gasteiger partial charge in [-0.3, -0.25) is 9.78 Å². The van der Waals surface area contributed by atoms with Crippen molar-refractivity contribution in [3.63, 3.8) is 0 Å². The number of nitrogens with zero attached hydrogens (tertiary/aromatic N) is 1. The van der Waals surface area contributed by atoms with Crippen molar-refractivity contribution in [2.75, 3.05) is 5.32 Å². The first-order valence-corrected chi connectivity index (χ1v) is 6.71. The van der Waals surface area contributed by atoms with E-state index in [9.17, 15) is 4.79 Å². The van der Waals surface area contributed by atoms with Crippen molar-refractivity contribution in [2.45, 2.75) is 6.04 Å². The topological polar surface area (TPSA) is 68.0 Å². The van der Waals surface area contributed by atoms with E-state index in [4.69, 9.17) is 5.73 Å². The van der Waals surface area contributed by atoms with E-state index in [-0.39, 0.29) is 5.91 Å². The van der Waals surface area contributed by atoms with Crippen LogP contribution in [0.25, 0.3) is 10.9 Å². The summed E-state index contributed by atoms with van der Waals surface area (Å²) in [5.74, 6) is -0.238. The second-order valence-corrected chi connectivity index (χ2v) is 4.75. The summed E-state index contributed by atoms with van der Waals surface area (Å²) in [6.45, 7) is 0. The number of fused-ring (bicyclic) bond motifs is 1. The van der Waals surface area contributed by atoms with E-state index >= 15 is 0 Å². The Morgan fingerprint density at radius 3 is 2.62 bits per heavy atom. The molecule has 0 unspecified atom stereocenters. The molecule has 3 aromatic rings. The summed E-state index contributed by atoms with van der Waals surface area (Å²) in [7, 11) is 0. The van der Waals surface area contributed by atoms with Crippen LogP contribution in [0.5, 0.6) is 0 Å². The molecule has 0 aliphatic heterocycles. The van der Waals surface area contributed by atoms with Crippen LogP contribution in [0.2, 0.25) is 0 Å². The number of aromatic nitrogens is 1. The zero-order chi connectivity index (χ0) is 14.7. The molecular formula is C17H15N3O. The molecular weight excluding hydrogens is 262 g/mol. The van der Waals surface area contributed by atoms with Gasteiger partial charge in [-0.2, -0.15) is 0 Å². The Hall–Kier alpha value is -2.72. The molecule has 4 nitrogen and oxygen atoms in total. The highest BCUT2D eigenvalue weighted by atomic mass is 16.2. The van der Waals surface area contributed by atoms with Crippen LogP contribution in [0, 0.1) is 0 Å². The first kappa shape index (κ1) is 13.3. The van der Waals surface area contributed by atoms with Gasteiger partial charge in [0.2, 0.25) is 5.91 Å². The molecule has 3 rings (SSSR count). The van der Waals surface area contributed by atoms with Crippen molar-refractivity contribution in [2.24, 2.45) is 5.73 Å². The van der Waals surface area contributed by atoms with E-state index < -0.39 is 6.04 Å². The summed E-state index contributed by atoms with van der Waals surface area (Å²) in [5.41, 5.74) is 8.34. The fourth-order valence-electron chi connectivity index (χ4n) is 2.23. The number of carbonyl (C=O) groups is 1. The summed E-state index contributed by atoms with van der Waals surface area (Å²) < 4.78 is 0. The van der Waals surface area contributed by atoms with Crippen LogP contribution in [0.15, 0.2) is 66.9 Å². The Labute approximate surface area is 122 Å². The molecule has 0 fully saturated rings. The predicted octanol–water partition coefficient (Wildman–Crippen LogP) is 2.87. The van der Waals surface area contributed by atoms with E-state index in [1.54, 1.807) is 6.20 Å². The van der Waals surface area contributed by atoms with Gasteiger partial charge in [-0.25, -0.2) is 0 Å². The average molecular weight is 277 g/mol. The minimum atomic E-state index is -0.696. The van der Waals surface area contributed by atoms with Crippen LogP contribution < -0.4 is 11.1 Å². The Bertz CT molecular complexity index is 766. The van der Waals surface area contributed by atoms with Crippen molar-refractivity contribution in [3.05, 3.63) is 72.4 Å². The molecule has 1 aromatic heterocycles. The molecule has 0 saturated carbocycles. The highest BCUT2D eigenvalue weighted by Crippen LogP contribution is 2.22. The minimum absolute atomic E-state index is 0.238. The van der Waals surface area contributed by atoms with Crippen molar-refractivity contribution >= 4 is 22.5 Å². The molecule has 1 heterocycles. The Morgan fingerprint density at radius 2 is 1.81 bits per heavy atom. The highest BCUT2D eigenvalue weighted by Gasteiger charge is 2.16. The molecule has 0 bridgehead atoms. The Morgan fingerprint density at radius 1 is 1.00 bits per heavy atom. The lowest BCUT2D eigenvalue weighted by Gasteiger charge is -2.13. The number of hydrogen-bond acceptors (Lipinski definition) is 3. The van der Waals surface area contributed by atoms with Crippen LogP contribution in [0.3, 0.4) is 0 Å². The number of carbonyl (C=O) groups excluding carboxylic acids is 1. The maximum atomic E-state index is 12.3. The lowest BCUT2D eigenvalue weighted by Crippen LogP contribution is -2.27. The summed E-state index contributed by atoms with van der Waals surface area (Å²) in [6, 6.07) is 18.0. The largest absolute Gasteiger partial charge is 0.324 e. The smallest absolute Gasteiger partial charge is 0.245 e. The number of nitrogens with one attached hydrogen (secondary N) is 1. The number of benzene rings is 2. The molecule has 0 radical (unpaired) electrons. The van der Waals surface area contributed by atoms with Gasteiger partial charge in [0, 0.05) is 11.6 Å². The Kier molecular flexibility index (Phi) is 3.62. The van der Waals surface area contributed by atoms with Crippen LogP contribution in [-0.2, 0) is 4.79 Å². The summed E-state index contributed by atoms with van der Waals surface area (Å²) in [6.07, 6.45) is 1.73. The second kappa shape index (κ2) is 5.73. The van der Waals surface area contributed by atoms with Crippen LogP contribution in [0.1, 0.15) is 11.6 Å². The van der Waals surface area contributed by atoms with Gasteiger partial charge in [0.05, 0.1) is 11.2 Å².